The second-order valence-electron chi connectivity index (χ2n) is 7.21. The molecule has 5 heteroatoms. The number of likely N-dealkylation sites (tertiary alicyclic amines) is 1. The van der Waals surface area contributed by atoms with E-state index in [1.165, 1.54) is 0 Å². The number of hydrogen-bond donors (Lipinski definition) is 1. The predicted molar refractivity (Wildman–Crippen MR) is 79.2 cm³/mol. The van der Waals surface area contributed by atoms with Crippen LogP contribution in [0.1, 0.15) is 41.0 Å². The maximum Gasteiger partial charge on any atom is 0.226 e. The average molecular weight is 287 g/mol. The number of carbonyl (C=O) groups is 1. The monoisotopic (exact) mass is 287 g/mol. The summed E-state index contributed by atoms with van der Waals surface area (Å²) >= 11 is 0. The van der Waals surface area contributed by atoms with Gasteiger partial charge in [-0.1, -0.05) is 27.7 Å². The van der Waals surface area contributed by atoms with Gasteiger partial charge in [0.2, 0.25) is 5.91 Å². The number of β-lactam (4-membered cyclic amide) rings is 1. The largest absolute Gasteiger partial charge is 0.397 e. The third kappa shape index (κ3) is 3.38. The van der Waals surface area contributed by atoms with Crippen LogP contribution in [0.5, 0.6) is 0 Å². The minimum absolute atomic E-state index is 0.112. The molecule has 0 saturated carbocycles. The molecule has 0 aromatic carbocycles. The molecule has 1 aliphatic heterocycles. The van der Waals surface area contributed by atoms with Crippen molar-refractivity contribution < 1.29 is 14.3 Å². The first kappa shape index (κ1) is 16.7. The second-order valence-corrected chi connectivity index (χ2v) is 12.0. The first-order chi connectivity index (χ1) is 8.51. The molecule has 112 valence electrons. The van der Waals surface area contributed by atoms with E-state index < -0.39 is 8.32 Å². The van der Waals surface area contributed by atoms with Gasteiger partial charge in [0.1, 0.15) is 6.23 Å². The predicted octanol–water partition coefficient (Wildman–Crippen LogP) is 2.58. The van der Waals surface area contributed by atoms with Crippen LogP contribution in [0.25, 0.3) is 0 Å². The first-order valence-electron chi connectivity index (χ1n) is 7.11. The van der Waals surface area contributed by atoms with Crippen LogP contribution < -0.4 is 0 Å². The van der Waals surface area contributed by atoms with Crippen LogP contribution in [0.4, 0.5) is 0 Å². The molecule has 0 aromatic heterocycles. The Morgan fingerprint density at radius 2 is 1.95 bits per heavy atom. The first-order valence-corrected chi connectivity index (χ1v) is 10.0. The zero-order chi connectivity index (χ0) is 15.0. The van der Waals surface area contributed by atoms with Crippen LogP contribution in [0, 0.1) is 5.92 Å². The highest BCUT2D eigenvalue weighted by Gasteiger charge is 2.46. The molecule has 0 radical (unpaired) electrons. The molecular formula is C14H29NO3Si. The summed E-state index contributed by atoms with van der Waals surface area (Å²) in [5.74, 6) is 0.250. The molecule has 19 heavy (non-hydrogen) atoms. The Morgan fingerprint density at radius 1 is 1.42 bits per heavy atom. The standard InChI is InChI=1S/C14H29NO3Si/c1-10(9-16)12-8-13(17)15(12)11(2)18-19(6,7)14(3,4)5/h10-12,16H,8-9H2,1-7H3/t10?,11-,12-/m1/s1. The van der Waals surface area contributed by atoms with Crippen LogP contribution in [0.3, 0.4) is 0 Å². The van der Waals surface area contributed by atoms with E-state index in [0.717, 1.165) is 0 Å². The van der Waals surface area contributed by atoms with Gasteiger partial charge in [-0.25, -0.2) is 0 Å². The highest BCUT2D eigenvalue weighted by atomic mass is 28.4. The topological polar surface area (TPSA) is 49.8 Å². The van der Waals surface area contributed by atoms with E-state index in [1.54, 1.807) is 4.90 Å². The minimum Gasteiger partial charge on any atom is -0.397 e. The Morgan fingerprint density at radius 3 is 2.32 bits per heavy atom. The van der Waals surface area contributed by atoms with Gasteiger partial charge in [0.15, 0.2) is 8.32 Å². The molecular weight excluding hydrogens is 258 g/mol. The maximum absolute atomic E-state index is 11.8. The quantitative estimate of drug-likeness (QED) is 0.624. The smallest absolute Gasteiger partial charge is 0.226 e. The van der Waals surface area contributed by atoms with Gasteiger partial charge in [-0.2, -0.15) is 0 Å². The maximum atomic E-state index is 11.8. The number of amides is 1. The summed E-state index contributed by atoms with van der Waals surface area (Å²) in [6, 6.07) is 0.122. The van der Waals surface area contributed by atoms with Crippen molar-refractivity contribution in [3.8, 4) is 0 Å². The SMILES string of the molecule is CC(CO)[C@H]1CC(=O)N1[C@@H](C)O[Si](C)(C)C(C)(C)C. The molecule has 1 aliphatic rings. The molecule has 1 amide bonds. The van der Waals surface area contributed by atoms with E-state index in [1.807, 2.05) is 13.8 Å². The van der Waals surface area contributed by atoms with Gasteiger partial charge in [-0.3, -0.25) is 4.79 Å². The second kappa shape index (κ2) is 5.54. The number of nitrogens with zero attached hydrogens (tertiary/aromatic N) is 1. The Bertz CT molecular complexity index is 338. The van der Waals surface area contributed by atoms with Gasteiger partial charge in [0.25, 0.3) is 0 Å². The lowest BCUT2D eigenvalue weighted by atomic mass is 9.90. The zero-order valence-electron chi connectivity index (χ0n) is 13.4. The number of aliphatic hydroxyl groups excluding tert-OH is 1. The Balaban J connectivity index is 2.72. The Kier molecular flexibility index (Phi) is 4.86. The van der Waals surface area contributed by atoms with Crippen LogP contribution in [0.15, 0.2) is 0 Å². The van der Waals surface area contributed by atoms with Gasteiger partial charge < -0.3 is 14.4 Å². The summed E-state index contributed by atoms with van der Waals surface area (Å²) in [4.78, 5) is 13.6. The normalized spacial score (nSPS) is 24.1. The molecule has 1 unspecified atom stereocenters. The van der Waals surface area contributed by atoms with Crippen molar-refractivity contribution in [1.82, 2.24) is 4.90 Å². The molecule has 1 rings (SSSR count). The zero-order valence-corrected chi connectivity index (χ0v) is 14.4. The van der Waals surface area contributed by atoms with E-state index >= 15 is 0 Å². The van der Waals surface area contributed by atoms with E-state index in [4.69, 9.17) is 4.43 Å². The van der Waals surface area contributed by atoms with Gasteiger partial charge in [-0.05, 0) is 25.1 Å². The number of rotatable bonds is 5. The summed E-state index contributed by atoms with van der Waals surface area (Å²) in [5.41, 5.74) is 0. The molecule has 0 spiro atoms. The average Bonchev–Trinajstić information content (AvgIpc) is 2.22. The van der Waals surface area contributed by atoms with Gasteiger partial charge in [0, 0.05) is 25.0 Å². The van der Waals surface area contributed by atoms with Crippen molar-refractivity contribution in [1.29, 1.82) is 0 Å². The molecule has 0 aromatic rings. The Hall–Kier alpha value is -0.393. The van der Waals surface area contributed by atoms with Crippen molar-refractivity contribution in [2.75, 3.05) is 6.61 Å². The third-order valence-electron chi connectivity index (χ3n) is 4.64. The van der Waals surface area contributed by atoms with Gasteiger partial charge >= 0.3 is 0 Å². The number of carbonyl (C=O) groups excluding carboxylic acids is 1. The van der Waals surface area contributed by atoms with Gasteiger partial charge in [0.05, 0.1) is 0 Å². The van der Waals surface area contributed by atoms with Crippen LogP contribution >= 0.6 is 0 Å². The Labute approximate surface area is 118 Å². The summed E-state index contributed by atoms with van der Waals surface area (Å²) in [5, 5.41) is 9.38. The van der Waals surface area contributed by atoms with Crippen molar-refractivity contribution in [2.45, 2.75) is 71.4 Å². The lowest BCUT2D eigenvalue weighted by molar-refractivity contribution is -0.164. The van der Waals surface area contributed by atoms with Crippen LogP contribution in [-0.4, -0.2) is 43.1 Å². The fourth-order valence-corrected chi connectivity index (χ4v) is 3.50. The lowest BCUT2D eigenvalue weighted by Crippen LogP contribution is -2.62. The van der Waals surface area contributed by atoms with Crippen molar-refractivity contribution in [3.63, 3.8) is 0 Å². The van der Waals surface area contributed by atoms with Crippen LogP contribution in [-0.2, 0) is 9.22 Å². The molecule has 1 saturated heterocycles. The number of aliphatic hydroxyl groups is 1. The molecule has 3 atom stereocenters. The number of hydrogen-bond acceptors (Lipinski definition) is 3. The fraction of sp³-hybridized carbons (Fsp3) is 0.929. The highest BCUT2D eigenvalue weighted by Crippen LogP contribution is 2.39. The van der Waals surface area contributed by atoms with Gasteiger partial charge in [-0.15, -0.1) is 0 Å². The third-order valence-corrected chi connectivity index (χ3v) is 9.18. The fourth-order valence-electron chi connectivity index (χ4n) is 2.18. The summed E-state index contributed by atoms with van der Waals surface area (Å²) in [7, 11) is -1.87. The highest BCUT2D eigenvalue weighted by molar-refractivity contribution is 6.74. The van der Waals surface area contributed by atoms with E-state index in [0.29, 0.717) is 6.42 Å². The minimum atomic E-state index is -1.87. The molecule has 1 heterocycles. The summed E-state index contributed by atoms with van der Waals surface area (Å²) in [6.45, 7) is 15.0. The lowest BCUT2D eigenvalue weighted by Gasteiger charge is -2.49. The molecule has 0 bridgehead atoms. The van der Waals surface area contributed by atoms with Crippen molar-refractivity contribution in [3.05, 3.63) is 0 Å². The van der Waals surface area contributed by atoms with E-state index in [2.05, 4.69) is 33.9 Å². The molecule has 1 fully saturated rings. The van der Waals surface area contributed by atoms with Crippen molar-refractivity contribution >= 4 is 14.2 Å². The van der Waals surface area contributed by atoms with E-state index in [9.17, 15) is 9.90 Å². The molecule has 1 N–H and O–H groups in total. The van der Waals surface area contributed by atoms with Crippen LogP contribution in [0.2, 0.25) is 18.1 Å². The summed E-state index contributed by atoms with van der Waals surface area (Å²) in [6.07, 6.45) is 0.341. The van der Waals surface area contributed by atoms with Crippen molar-refractivity contribution in [2.24, 2.45) is 5.92 Å². The summed E-state index contributed by atoms with van der Waals surface area (Å²) < 4.78 is 6.26. The molecule has 0 aliphatic carbocycles. The molecule has 4 nitrogen and oxygen atoms in total. The van der Waals surface area contributed by atoms with E-state index in [-0.39, 0.29) is 35.7 Å².